The Morgan fingerprint density at radius 3 is 2.46 bits per heavy atom. The van der Waals surface area contributed by atoms with E-state index in [0.717, 1.165) is 11.3 Å². The van der Waals surface area contributed by atoms with Crippen LogP contribution in [0.5, 0.6) is 5.88 Å². The lowest BCUT2D eigenvalue weighted by Crippen LogP contribution is -2.12. The van der Waals surface area contributed by atoms with Crippen molar-refractivity contribution >= 4 is 11.6 Å². The molecule has 1 aromatic heterocycles. The van der Waals surface area contributed by atoms with Crippen LogP contribution in [0.25, 0.3) is 0 Å². The lowest BCUT2D eigenvalue weighted by molar-refractivity contribution is 0.301. The highest BCUT2D eigenvalue weighted by molar-refractivity contribution is 6.17. The Balaban J connectivity index is 3.16. The van der Waals surface area contributed by atoms with Crippen LogP contribution in [0.3, 0.4) is 0 Å². The molecular formula is C9H14ClNO2. The van der Waals surface area contributed by atoms with E-state index >= 15 is 0 Å². The predicted octanol–water partition coefficient (Wildman–Crippen LogP) is 2.72. The number of nitrogens with zero attached hydrogens (tertiary/aromatic N) is 1. The Labute approximate surface area is 83.0 Å². The molecule has 74 valence electrons. The number of aromatic nitrogens is 1. The average Bonchev–Trinajstić information content (AvgIpc) is 2.45. The summed E-state index contributed by atoms with van der Waals surface area (Å²) in [5, 5.41) is 3.79. The highest BCUT2D eigenvalue weighted by Gasteiger charge is 2.26. The monoisotopic (exact) mass is 203 g/mol. The average molecular weight is 204 g/mol. The van der Waals surface area contributed by atoms with E-state index in [2.05, 4.69) is 5.16 Å². The van der Waals surface area contributed by atoms with Crippen LogP contribution in [-0.2, 0) is 11.3 Å². The van der Waals surface area contributed by atoms with Crippen LogP contribution in [0.2, 0.25) is 0 Å². The molecule has 1 rings (SSSR count). The molecule has 0 aliphatic carbocycles. The van der Waals surface area contributed by atoms with E-state index in [1.54, 1.807) is 7.11 Å². The number of methoxy groups -OCH3 is 1. The van der Waals surface area contributed by atoms with Crippen LogP contribution in [0.15, 0.2) is 4.52 Å². The molecular weight excluding hydrogens is 190 g/mol. The zero-order valence-electron chi connectivity index (χ0n) is 8.35. The van der Waals surface area contributed by atoms with E-state index in [0.29, 0.717) is 11.8 Å². The standard InChI is InChI=1S/C9H14ClNO2/c1-9(2,3)7-6(5-10)8(12-4)11-13-7/h5H2,1-4H3. The molecule has 13 heavy (non-hydrogen) atoms. The zero-order valence-corrected chi connectivity index (χ0v) is 9.10. The Morgan fingerprint density at radius 2 is 2.08 bits per heavy atom. The summed E-state index contributed by atoms with van der Waals surface area (Å²) in [6.07, 6.45) is 0. The van der Waals surface area contributed by atoms with Gasteiger partial charge in [0, 0.05) is 5.41 Å². The van der Waals surface area contributed by atoms with Gasteiger partial charge in [0.05, 0.1) is 18.6 Å². The topological polar surface area (TPSA) is 35.3 Å². The summed E-state index contributed by atoms with van der Waals surface area (Å²) in [6, 6.07) is 0. The quantitative estimate of drug-likeness (QED) is 0.694. The number of hydrogen-bond acceptors (Lipinski definition) is 3. The number of rotatable bonds is 2. The first kappa shape index (κ1) is 10.4. The van der Waals surface area contributed by atoms with Gasteiger partial charge in [-0.05, 0) is 5.16 Å². The molecule has 0 aliphatic rings. The van der Waals surface area contributed by atoms with Crippen molar-refractivity contribution in [1.29, 1.82) is 0 Å². The summed E-state index contributed by atoms with van der Waals surface area (Å²) in [5.41, 5.74) is 0.755. The lowest BCUT2D eigenvalue weighted by Gasteiger charge is -2.14. The van der Waals surface area contributed by atoms with E-state index in [1.807, 2.05) is 20.8 Å². The molecule has 0 N–H and O–H groups in total. The third-order valence-electron chi connectivity index (χ3n) is 1.76. The minimum Gasteiger partial charge on any atom is -0.479 e. The van der Waals surface area contributed by atoms with Gasteiger partial charge in [-0.2, -0.15) is 0 Å². The molecule has 0 saturated heterocycles. The van der Waals surface area contributed by atoms with Gasteiger partial charge in [-0.15, -0.1) is 11.6 Å². The van der Waals surface area contributed by atoms with Gasteiger partial charge in [0.15, 0.2) is 0 Å². The van der Waals surface area contributed by atoms with Gasteiger partial charge in [0.25, 0.3) is 5.88 Å². The third kappa shape index (κ3) is 1.97. The number of alkyl halides is 1. The largest absolute Gasteiger partial charge is 0.479 e. The number of halogens is 1. The van der Waals surface area contributed by atoms with Crippen LogP contribution >= 0.6 is 11.6 Å². The maximum Gasteiger partial charge on any atom is 0.258 e. The van der Waals surface area contributed by atoms with Gasteiger partial charge in [-0.3, -0.25) is 0 Å². The smallest absolute Gasteiger partial charge is 0.258 e. The van der Waals surface area contributed by atoms with Crippen LogP contribution in [0, 0.1) is 0 Å². The van der Waals surface area contributed by atoms with E-state index < -0.39 is 0 Å². The van der Waals surface area contributed by atoms with Crippen molar-refractivity contribution in [1.82, 2.24) is 5.16 Å². The van der Waals surface area contributed by atoms with Crippen molar-refractivity contribution in [2.75, 3.05) is 7.11 Å². The van der Waals surface area contributed by atoms with Gasteiger partial charge in [-0.1, -0.05) is 20.8 Å². The van der Waals surface area contributed by atoms with Crippen LogP contribution in [0.4, 0.5) is 0 Å². The fourth-order valence-electron chi connectivity index (χ4n) is 1.16. The molecule has 1 heterocycles. The second-order valence-electron chi connectivity index (χ2n) is 3.88. The lowest BCUT2D eigenvalue weighted by atomic mass is 9.91. The highest BCUT2D eigenvalue weighted by Crippen LogP contribution is 2.32. The zero-order chi connectivity index (χ0) is 10.1. The Kier molecular flexibility index (Phi) is 2.86. The Morgan fingerprint density at radius 1 is 1.46 bits per heavy atom. The van der Waals surface area contributed by atoms with E-state index in [9.17, 15) is 0 Å². The van der Waals surface area contributed by atoms with Crippen LogP contribution in [-0.4, -0.2) is 12.3 Å². The van der Waals surface area contributed by atoms with E-state index in [-0.39, 0.29) is 5.41 Å². The Hall–Kier alpha value is -0.700. The summed E-state index contributed by atoms with van der Waals surface area (Å²) in [7, 11) is 1.56. The third-order valence-corrected chi connectivity index (χ3v) is 2.03. The van der Waals surface area contributed by atoms with Crippen molar-refractivity contribution in [2.45, 2.75) is 32.1 Å². The van der Waals surface area contributed by atoms with Gasteiger partial charge < -0.3 is 9.26 Å². The molecule has 0 spiro atoms. The van der Waals surface area contributed by atoms with Crippen molar-refractivity contribution in [2.24, 2.45) is 0 Å². The fraction of sp³-hybridized carbons (Fsp3) is 0.667. The van der Waals surface area contributed by atoms with Crippen molar-refractivity contribution in [3.63, 3.8) is 0 Å². The summed E-state index contributed by atoms with van der Waals surface area (Å²) in [6.45, 7) is 6.13. The molecule has 0 atom stereocenters. The van der Waals surface area contributed by atoms with E-state index in [4.69, 9.17) is 20.9 Å². The van der Waals surface area contributed by atoms with Crippen LogP contribution in [0.1, 0.15) is 32.1 Å². The molecule has 3 nitrogen and oxygen atoms in total. The molecule has 0 saturated carbocycles. The number of hydrogen-bond donors (Lipinski definition) is 0. The summed E-state index contributed by atoms with van der Waals surface area (Å²) in [5.74, 6) is 1.64. The summed E-state index contributed by atoms with van der Waals surface area (Å²) >= 11 is 5.78. The maximum absolute atomic E-state index is 5.78. The first-order chi connectivity index (χ1) is 6.00. The molecule has 0 aliphatic heterocycles. The summed E-state index contributed by atoms with van der Waals surface area (Å²) < 4.78 is 10.2. The second kappa shape index (κ2) is 3.58. The minimum atomic E-state index is -0.0893. The molecule has 0 amide bonds. The fourth-order valence-corrected chi connectivity index (χ4v) is 1.40. The molecule has 0 aromatic carbocycles. The van der Waals surface area contributed by atoms with Crippen molar-refractivity contribution in [3.05, 3.63) is 11.3 Å². The maximum atomic E-state index is 5.78. The van der Waals surface area contributed by atoms with Crippen molar-refractivity contribution < 1.29 is 9.26 Å². The Bertz CT molecular complexity index is 288. The predicted molar refractivity (Wildman–Crippen MR) is 51.3 cm³/mol. The number of ether oxygens (including phenoxy) is 1. The molecule has 0 bridgehead atoms. The van der Waals surface area contributed by atoms with Gasteiger partial charge >= 0.3 is 0 Å². The molecule has 1 aromatic rings. The first-order valence-corrected chi connectivity index (χ1v) is 4.63. The minimum absolute atomic E-state index is 0.0893. The van der Waals surface area contributed by atoms with Crippen molar-refractivity contribution in [3.8, 4) is 5.88 Å². The van der Waals surface area contributed by atoms with Gasteiger partial charge in [0.1, 0.15) is 5.76 Å². The molecule has 0 unspecified atom stereocenters. The SMILES string of the molecule is COc1noc(C(C)(C)C)c1CCl. The highest BCUT2D eigenvalue weighted by atomic mass is 35.5. The second-order valence-corrected chi connectivity index (χ2v) is 4.15. The van der Waals surface area contributed by atoms with E-state index in [1.165, 1.54) is 0 Å². The normalized spacial score (nSPS) is 11.8. The summed E-state index contributed by atoms with van der Waals surface area (Å²) in [4.78, 5) is 0. The molecule has 4 heteroatoms. The molecule has 0 radical (unpaired) electrons. The first-order valence-electron chi connectivity index (χ1n) is 4.09. The van der Waals surface area contributed by atoms with Gasteiger partial charge in [0.2, 0.25) is 0 Å². The van der Waals surface area contributed by atoms with Gasteiger partial charge in [-0.25, -0.2) is 0 Å². The molecule has 0 fully saturated rings. The van der Waals surface area contributed by atoms with Crippen LogP contribution < -0.4 is 4.74 Å².